The Morgan fingerprint density at radius 3 is 2.80 bits per heavy atom. The minimum absolute atomic E-state index is 0.00974. The van der Waals surface area contributed by atoms with Gasteiger partial charge >= 0.3 is 0 Å². The van der Waals surface area contributed by atoms with Crippen LogP contribution in [-0.2, 0) is 4.79 Å². The number of carbonyl (C=O) groups excluding carboxylic acids is 1. The molecule has 2 aromatic rings. The van der Waals surface area contributed by atoms with E-state index in [1.165, 1.54) is 11.3 Å². The second-order valence-electron chi connectivity index (χ2n) is 4.73. The molecule has 20 heavy (non-hydrogen) atoms. The normalized spacial score (nSPS) is 14.2. The van der Waals surface area contributed by atoms with Gasteiger partial charge in [0.05, 0.1) is 12.3 Å². The zero-order chi connectivity index (χ0) is 14.5. The van der Waals surface area contributed by atoms with Crippen LogP contribution in [0.5, 0.6) is 0 Å². The second kappa shape index (κ2) is 6.69. The Morgan fingerprint density at radius 2 is 2.25 bits per heavy atom. The zero-order valence-corrected chi connectivity index (χ0v) is 12.4. The van der Waals surface area contributed by atoms with Crippen molar-refractivity contribution in [3.8, 4) is 0 Å². The molecule has 2 rings (SSSR count). The van der Waals surface area contributed by atoms with E-state index in [1.807, 2.05) is 48.6 Å². The van der Waals surface area contributed by atoms with E-state index in [2.05, 4.69) is 5.32 Å². The van der Waals surface area contributed by atoms with E-state index in [0.717, 1.165) is 10.6 Å². The molecule has 0 aromatic carbocycles. The Kier molecular flexibility index (Phi) is 4.94. The summed E-state index contributed by atoms with van der Waals surface area (Å²) in [5.41, 5.74) is 5.93. The Morgan fingerprint density at radius 1 is 1.45 bits per heavy atom. The van der Waals surface area contributed by atoms with E-state index >= 15 is 0 Å². The number of nitrogens with zero attached hydrogens (tertiary/aromatic N) is 1. The maximum absolute atomic E-state index is 12.1. The number of likely N-dealkylation sites (N-methyl/N-ethyl adjacent to an activating group) is 1. The number of furan rings is 1. The van der Waals surface area contributed by atoms with Crippen molar-refractivity contribution in [3.63, 3.8) is 0 Å². The molecule has 1 amide bonds. The highest BCUT2D eigenvalue weighted by Crippen LogP contribution is 2.19. The third-order valence-corrected chi connectivity index (χ3v) is 4.05. The van der Waals surface area contributed by atoms with Crippen LogP contribution in [0.25, 0.3) is 0 Å². The van der Waals surface area contributed by atoms with Crippen LogP contribution in [0.1, 0.15) is 22.7 Å². The van der Waals surface area contributed by atoms with Crippen LogP contribution in [0.3, 0.4) is 0 Å². The fourth-order valence-electron chi connectivity index (χ4n) is 1.92. The summed E-state index contributed by atoms with van der Waals surface area (Å²) in [6, 6.07) is 6.86. The van der Waals surface area contributed by atoms with Gasteiger partial charge in [-0.05, 0) is 37.7 Å². The smallest absolute Gasteiger partial charge is 0.242 e. The standard InChI is InChI=1S/C14H19N3O2S/c1-17(2)10(11-5-3-7-19-11)9-16-14(18)13(15)12-6-4-8-20-12/h3-8,10,13H,9,15H2,1-2H3,(H,16,18). The van der Waals surface area contributed by atoms with Crippen molar-refractivity contribution in [3.05, 3.63) is 46.5 Å². The zero-order valence-electron chi connectivity index (χ0n) is 11.6. The van der Waals surface area contributed by atoms with Crippen molar-refractivity contribution in [2.24, 2.45) is 5.73 Å². The summed E-state index contributed by atoms with van der Waals surface area (Å²) in [5.74, 6) is 0.644. The first-order valence-electron chi connectivity index (χ1n) is 6.36. The minimum atomic E-state index is -0.616. The van der Waals surface area contributed by atoms with Crippen LogP contribution in [0.15, 0.2) is 40.3 Å². The molecule has 2 aromatic heterocycles. The molecule has 0 saturated heterocycles. The third-order valence-electron chi connectivity index (χ3n) is 3.10. The van der Waals surface area contributed by atoms with E-state index in [4.69, 9.17) is 10.2 Å². The van der Waals surface area contributed by atoms with Crippen LogP contribution < -0.4 is 11.1 Å². The van der Waals surface area contributed by atoms with Gasteiger partial charge in [-0.1, -0.05) is 6.07 Å². The predicted octanol–water partition coefficient (Wildman–Crippen LogP) is 1.76. The number of hydrogen-bond donors (Lipinski definition) is 2. The molecule has 0 aliphatic heterocycles. The van der Waals surface area contributed by atoms with E-state index in [1.54, 1.807) is 6.26 Å². The largest absolute Gasteiger partial charge is 0.468 e. The molecule has 0 fully saturated rings. The van der Waals surface area contributed by atoms with Gasteiger partial charge in [0.25, 0.3) is 0 Å². The number of carbonyl (C=O) groups is 1. The molecule has 5 nitrogen and oxygen atoms in total. The number of hydrogen-bond acceptors (Lipinski definition) is 5. The van der Waals surface area contributed by atoms with Gasteiger partial charge in [-0.3, -0.25) is 9.69 Å². The summed E-state index contributed by atoms with van der Waals surface area (Å²) in [6.45, 7) is 0.457. The second-order valence-corrected chi connectivity index (χ2v) is 5.71. The molecular weight excluding hydrogens is 274 g/mol. The van der Waals surface area contributed by atoms with Gasteiger partial charge in [0.2, 0.25) is 5.91 Å². The summed E-state index contributed by atoms with van der Waals surface area (Å²) in [7, 11) is 3.89. The molecular formula is C14H19N3O2S. The van der Waals surface area contributed by atoms with Gasteiger partial charge in [0, 0.05) is 11.4 Å². The highest BCUT2D eigenvalue weighted by atomic mass is 32.1. The fourth-order valence-corrected chi connectivity index (χ4v) is 2.65. The van der Waals surface area contributed by atoms with Crippen molar-refractivity contribution in [1.29, 1.82) is 0 Å². The number of rotatable bonds is 6. The predicted molar refractivity (Wildman–Crippen MR) is 79.4 cm³/mol. The monoisotopic (exact) mass is 293 g/mol. The summed E-state index contributed by atoms with van der Waals surface area (Å²) < 4.78 is 5.40. The Hall–Kier alpha value is -1.63. The molecule has 2 heterocycles. The molecule has 0 bridgehead atoms. The van der Waals surface area contributed by atoms with Gasteiger partial charge in [0.15, 0.2) is 0 Å². The van der Waals surface area contributed by atoms with Crippen molar-refractivity contribution in [1.82, 2.24) is 10.2 Å². The summed E-state index contributed by atoms with van der Waals surface area (Å²) >= 11 is 1.48. The fraction of sp³-hybridized carbons (Fsp3) is 0.357. The van der Waals surface area contributed by atoms with Crippen molar-refractivity contribution in [2.75, 3.05) is 20.6 Å². The van der Waals surface area contributed by atoms with E-state index < -0.39 is 6.04 Å². The molecule has 2 atom stereocenters. The van der Waals surface area contributed by atoms with Gasteiger partial charge < -0.3 is 15.5 Å². The Bertz CT molecular complexity index is 523. The van der Waals surface area contributed by atoms with Crippen LogP contribution >= 0.6 is 11.3 Å². The van der Waals surface area contributed by atoms with Crippen LogP contribution in [-0.4, -0.2) is 31.4 Å². The Labute approximate surface area is 122 Å². The van der Waals surface area contributed by atoms with Crippen LogP contribution in [0.2, 0.25) is 0 Å². The first-order valence-corrected chi connectivity index (χ1v) is 7.24. The maximum atomic E-state index is 12.1. The lowest BCUT2D eigenvalue weighted by molar-refractivity contribution is -0.122. The lowest BCUT2D eigenvalue weighted by atomic mass is 10.2. The number of thiophene rings is 1. The van der Waals surface area contributed by atoms with Crippen molar-refractivity contribution >= 4 is 17.2 Å². The van der Waals surface area contributed by atoms with E-state index in [0.29, 0.717) is 6.54 Å². The quantitative estimate of drug-likeness (QED) is 0.851. The van der Waals surface area contributed by atoms with Gasteiger partial charge in [-0.25, -0.2) is 0 Å². The molecule has 3 N–H and O–H groups in total. The molecule has 0 radical (unpaired) electrons. The molecule has 108 valence electrons. The molecule has 0 saturated carbocycles. The first-order chi connectivity index (χ1) is 9.59. The molecule has 2 unspecified atom stereocenters. The maximum Gasteiger partial charge on any atom is 0.242 e. The molecule has 0 spiro atoms. The van der Waals surface area contributed by atoms with Crippen LogP contribution in [0.4, 0.5) is 0 Å². The van der Waals surface area contributed by atoms with E-state index in [9.17, 15) is 4.79 Å². The minimum Gasteiger partial charge on any atom is -0.468 e. The summed E-state index contributed by atoms with van der Waals surface area (Å²) in [4.78, 5) is 14.9. The molecule has 6 heteroatoms. The molecule has 0 aliphatic rings. The highest BCUT2D eigenvalue weighted by Gasteiger charge is 2.21. The third kappa shape index (κ3) is 3.47. The highest BCUT2D eigenvalue weighted by molar-refractivity contribution is 7.10. The Balaban J connectivity index is 1.94. The van der Waals surface area contributed by atoms with Crippen LogP contribution in [0, 0.1) is 0 Å². The topological polar surface area (TPSA) is 71.5 Å². The average Bonchev–Trinajstić information content (AvgIpc) is 3.10. The van der Waals surface area contributed by atoms with Crippen molar-refractivity contribution in [2.45, 2.75) is 12.1 Å². The van der Waals surface area contributed by atoms with E-state index in [-0.39, 0.29) is 11.9 Å². The SMILES string of the molecule is CN(C)C(CNC(=O)C(N)c1cccs1)c1ccco1. The lowest BCUT2D eigenvalue weighted by Gasteiger charge is -2.23. The van der Waals surface area contributed by atoms with Crippen molar-refractivity contribution < 1.29 is 9.21 Å². The van der Waals surface area contributed by atoms with Gasteiger partial charge in [0.1, 0.15) is 11.8 Å². The number of amides is 1. The lowest BCUT2D eigenvalue weighted by Crippen LogP contribution is -2.39. The molecule has 0 aliphatic carbocycles. The van der Waals surface area contributed by atoms with Gasteiger partial charge in [-0.2, -0.15) is 0 Å². The average molecular weight is 293 g/mol. The first kappa shape index (κ1) is 14.8. The van der Waals surface area contributed by atoms with Gasteiger partial charge in [-0.15, -0.1) is 11.3 Å². The number of nitrogens with one attached hydrogen (secondary N) is 1. The summed E-state index contributed by atoms with van der Waals surface area (Å²) in [6.07, 6.45) is 1.63. The number of nitrogens with two attached hydrogens (primary N) is 1. The summed E-state index contributed by atoms with van der Waals surface area (Å²) in [5, 5.41) is 4.79.